The minimum absolute atomic E-state index is 0.0146. The van der Waals surface area contributed by atoms with Crippen LogP contribution in [0.15, 0.2) is 29.2 Å². The van der Waals surface area contributed by atoms with Gasteiger partial charge in [-0.2, -0.15) is 4.31 Å². The largest absolute Gasteiger partial charge is 0.395 e. The maximum Gasteiger partial charge on any atom is 0.244 e. The Balaban J connectivity index is 3.16. The molecule has 2 N–H and O–H groups in total. The SMILES string of the molecule is CC(O)CN(C)S(=O)(=O)c1ccccc1C#CCCO. The summed E-state index contributed by atoms with van der Waals surface area (Å²) in [5.74, 6) is 5.46. The maximum absolute atomic E-state index is 12.4. The third-order valence-electron chi connectivity index (χ3n) is 2.56. The molecule has 5 nitrogen and oxygen atoms in total. The first-order chi connectivity index (χ1) is 9.39. The number of likely N-dealkylation sites (N-methyl/N-ethyl adjacent to an activating group) is 1. The molecule has 0 saturated heterocycles. The molecule has 1 unspecified atom stereocenters. The predicted molar refractivity (Wildman–Crippen MR) is 76.5 cm³/mol. The summed E-state index contributed by atoms with van der Waals surface area (Å²) in [6.45, 7) is 1.48. The monoisotopic (exact) mass is 297 g/mol. The fourth-order valence-corrected chi connectivity index (χ4v) is 3.04. The molecule has 1 atom stereocenters. The Kier molecular flexibility index (Phi) is 6.17. The molecule has 0 aliphatic rings. The molecular weight excluding hydrogens is 278 g/mol. The normalized spacial score (nSPS) is 12.8. The maximum atomic E-state index is 12.4. The fourth-order valence-electron chi connectivity index (χ4n) is 1.65. The second-order valence-electron chi connectivity index (χ2n) is 4.41. The summed E-state index contributed by atoms with van der Waals surface area (Å²) in [6, 6.07) is 6.43. The molecule has 0 aliphatic heterocycles. The van der Waals surface area contributed by atoms with Crippen LogP contribution in [0.4, 0.5) is 0 Å². The van der Waals surface area contributed by atoms with Crippen molar-refractivity contribution in [3.05, 3.63) is 29.8 Å². The van der Waals surface area contributed by atoms with Crippen molar-refractivity contribution in [2.24, 2.45) is 0 Å². The number of aliphatic hydroxyl groups is 2. The Morgan fingerprint density at radius 1 is 1.35 bits per heavy atom. The van der Waals surface area contributed by atoms with Gasteiger partial charge in [-0.3, -0.25) is 0 Å². The molecule has 6 heteroatoms. The lowest BCUT2D eigenvalue weighted by molar-refractivity contribution is 0.171. The molecule has 0 aliphatic carbocycles. The molecule has 0 spiro atoms. The molecular formula is C14H19NO4S. The van der Waals surface area contributed by atoms with E-state index in [1.165, 1.54) is 20.0 Å². The third-order valence-corrected chi connectivity index (χ3v) is 4.44. The average Bonchev–Trinajstić information content (AvgIpc) is 2.38. The van der Waals surface area contributed by atoms with Crippen LogP contribution < -0.4 is 0 Å². The highest BCUT2D eigenvalue weighted by Crippen LogP contribution is 2.18. The second kappa shape index (κ2) is 7.41. The van der Waals surface area contributed by atoms with E-state index in [-0.39, 0.29) is 24.5 Å². The van der Waals surface area contributed by atoms with Crippen molar-refractivity contribution in [3.8, 4) is 11.8 Å². The van der Waals surface area contributed by atoms with Crippen molar-refractivity contribution < 1.29 is 18.6 Å². The van der Waals surface area contributed by atoms with Gasteiger partial charge in [-0.1, -0.05) is 24.0 Å². The van der Waals surface area contributed by atoms with E-state index < -0.39 is 16.1 Å². The van der Waals surface area contributed by atoms with Gasteiger partial charge < -0.3 is 10.2 Å². The van der Waals surface area contributed by atoms with E-state index in [9.17, 15) is 13.5 Å². The van der Waals surface area contributed by atoms with E-state index in [4.69, 9.17) is 5.11 Å². The Hall–Kier alpha value is -1.39. The number of aliphatic hydroxyl groups excluding tert-OH is 2. The smallest absolute Gasteiger partial charge is 0.244 e. The topological polar surface area (TPSA) is 77.8 Å². The van der Waals surface area contributed by atoms with Crippen molar-refractivity contribution >= 4 is 10.0 Å². The van der Waals surface area contributed by atoms with Crippen LogP contribution in [0.25, 0.3) is 0 Å². The highest BCUT2D eigenvalue weighted by Gasteiger charge is 2.23. The fraction of sp³-hybridized carbons (Fsp3) is 0.429. The first-order valence-electron chi connectivity index (χ1n) is 6.22. The minimum atomic E-state index is -3.69. The summed E-state index contributed by atoms with van der Waals surface area (Å²) in [6.07, 6.45) is -0.458. The summed E-state index contributed by atoms with van der Waals surface area (Å²) in [5, 5.41) is 18.0. The molecule has 1 aromatic carbocycles. The van der Waals surface area contributed by atoms with Gasteiger partial charge in [-0.05, 0) is 19.1 Å². The van der Waals surface area contributed by atoms with Crippen molar-refractivity contribution in [3.63, 3.8) is 0 Å². The van der Waals surface area contributed by atoms with Gasteiger partial charge in [0.25, 0.3) is 0 Å². The van der Waals surface area contributed by atoms with Crippen LogP contribution in [-0.4, -0.2) is 49.2 Å². The highest BCUT2D eigenvalue weighted by molar-refractivity contribution is 7.89. The van der Waals surface area contributed by atoms with E-state index in [2.05, 4.69) is 11.8 Å². The lowest BCUT2D eigenvalue weighted by Crippen LogP contribution is -2.33. The molecule has 0 heterocycles. The number of nitrogens with zero attached hydrogens (tertiary/aromatic N) is 1. The van der Waals surface area contributed by atoms with Gasteiger partial charge in [0, 0.05) is 25.6 Å². The van der Waals surface area contributed by atoms with Crippen molar-refractivity contribution in [1.29, 1.82) is 0 Å². The van der Waals surface area contributed by atoms with E-state index in [0.29, 0.717) is 5.56 Å². The molecule has 0 bridgehead atoms. The zero-order valence-corrected chi connectivity index (χ0v) is 12.4. The van der Waals surface area contributed by atoms with Gasteiger partial charge in [0.15, 0.2) is 0 Å². The number of sulfonamides is 1. The summed E-state index contributed by atoms with van der Waals surface area (Å²) in [4.78, 5) is 0.105. The van der Waals surface area contributed by atoms with Crippen molar-refractivity contribution in [1.82, 2.24) is 4.31 Å². The number of hydrogen-bond acceptors (Lipinski definition) is 4. The highest BCUT2D eigenvalue weighted by atomic mass is 32.2. The van der Waals surface area contributed by atoms with Gasteiger partial charge in [0.2, 0.25) is 10.0 Å². The summed E-state index contributed by atoms with van der Waals surface area (Å²) in [7, 11) is -2.28. The Morgan fingerprint density at radius 3 is 2.60 bits per heavy atom. The van der Waals surface area contributed by atoms with E-state index in [1.54, 1.807) is 18.2 Å². The van der Waals surface area contributed by atoms with E-state index in [0.717, 1.165) is 4.31 Å². The number of rotatable bonds is 5. The van der Waals surface area contributed by atoms with E-state index >= 15 is 0 Å². The van der Waals surface area contributed by atoms with Crippen LogP contribution >= 0.6 is 0 Å². The number of benzene rings is 1. The van der Waals surface area contributed by atoms with Gasteiger partial charge in [0.05, 0.1) is 17.6 Å². The van der Waals surface area contributed by atoms with E-state index in [1.807, 2.05) is 0 Å². The molecule has 0 radical (unpaired) electrons. The molecule has 110 valence electrons. The molecule has 20 heavy (non-hydrogen) atoms. The van der Waals surface area contributed by atoms with Gasteiger partial charge in [-0.25, -0.2) is 8.42 Å². The summed E-state index contributed by atoms with van der Waals surface area (Å²) < 4.78 is 25.9. The molecule has 1 rings (SSSR count). The Bertz CT molecular complexity index is 599. The van der Waals surface area contributed by atoms with Crippen molar-refractivity contribution in [2.45, 2.75) is 24.3 Å². The summed E-state index contributed by atoms with van der Waals surface area (Å²) >= 11 is 0. The second-order valence-corrected chi connectivity index (χ2v) is 6.42. The zero-order valence-electron chi connectivity index (χ0n) is 11.6. The van der Waals surface area contributed by atoms with Crippen LogP contribution in [0.1, 0.15) is 18.9 Å². The third kappa shape index (κ3) is 4.32. The Labute approximate surface area is 119 Å². The molecule has 0 fully saturated rings. The standard InChI is InChI=1S/C14H19NO4S/c1-12(17)11-15(2)20(18,19)14-9-4-3-7-13(14)8-5-6-10-16/h3-4,7,9,12,16-17H,6,10-11H2,1-2H3. The van der Waals surface area contributed by atoms with Crippen LogP contribution in [0.5, 0.6) is 0 Å². The molecule has 0 saturated carbocycles. The van der Waals surface area contributed by atoms with Gasteiger partial charge in [-0.15, -0.1) is 0 Å². The molecule has 0 aromatic heterocycles. The van der Waals surface area contributed by atoms with Crippen LogP contribution in [0.2, 0.25) is 0 Å². The average molecular weight is 297 g/mol. The van der Waals surface area contributed by atoms with Gasteiger partial charge >= 0.3 is 0 Å². The number of hydrogen-bond donors (Lipinski definition) is 2. The van der Waals surface area contributed by atoms with Gasteiger partial charge in [0.1, 0.15) is 0 Å². The van der Waals surface area contributed by atoms with Crippen LogP contribution in [-0.2, 0) is 10.0 Å². The molecule has 0 amide bonds. The minimum Gasteiger partial charge on any atom is -0.395 e. The Morgan fingerprint density at radius 2 is 2.00 bits per heavy atom. The van der Waals surface area contributed by atoms with Crippen LogP contribution in [0.3, 0.4) is 0 Å². The quantitative estimate of drug-likeness (QED) is 0.772. The van der Waals surface area contributed by atoms with Crippen molar-refractivity contribution in [2.75, 3.05) is 20.2 Å². The lowest BCUT2D eigenvalue weighted by atomic mass is 10.2. The first-order valence-corrected chi connectivity index (χ1v) is 7.66. The lowest BCUT2D eigenvalue weighted by Gasteiger charge is -2.19. The molecule has 1 aromatic rings. The first kappa shape index (κ1) is 16.7. The predicted octanol–water partition coefficient (Wildman–Crippen LogP) is 0.422. The van der Waals surface area contributed by atoms with Crippen LogP contribution in [0, 0.1) is 11.8 Å². The summed E-state index contributed by atoms with van der Waals surface area (Å²) in [5.41, 5.74) is 0.387. The zero-order chi connectivity index (χ0) is 15.2.